The quantitative estimate of drug-likeness (QED) is 0.791. The Kier molecular flexibility index (Phi) is 5.94. The van der Waals surface area contributed by atoms with E-state index in [1.807, 2.05) is 0 Å². The summed E-state index contributed by atoms with van der Waals surface area (Å²) in [5.41, 5.74) is 0.722. The predicted molar refractivity (Wildman–Crippen MR) is 86.7 cm³/mol. The van der Waals surface area contributed by atoms with Crippen molar-refractivity contribution in [2.24, 2.45) is 0 Å². The second-order valence-corrected chi connectivity index (χ2v) is 6.19. The zero-order valence-corrected chi connectivity index (χ0v) is 14.1. The minimum absolute atomic E-state index is 0.0134. The number of rotatable bonds is 5. The minimum atomic E-state index is -0.525. The van der Waals surface area contributed by atoms with Gasteiger partial charge in [-0.1, -0.05) is 23.4 Å². The Morgan fingerprint density at radius 2 is 2.00 bits per heavy atom. The van der Waals surface area contributed by atoms with Gasteiger partial charge in [0.05, 0.1) is 11.4 Å². The second kappa shape index (κ2) is 7.93. The number of carbonyl (C=O) groups excluding carboxylic acids is 2. The van der Waals surface area contributed by atoms with E-state index < -0.39 is 11.9 Å². The van der Waals surface area contributed by atoms with Crippen molar-refractivity contribution in [2.45, 2.75) is 25.0 Å². The zero-order chi connectivity index (χ0) is 16.8. The van der Waals surface area contributed by atoms with Gasteiger partial charge in [0.25, 0.3) is 0 Å². The molecule has 8 nitrogen and oxygen atoms in total. The van der Waals surface area contributed by atoms with Gasteiger partial charge in [0.15, 0.2) is 0 Å². The van der Waals surface area contributed by atoms with Crippen LogP contribution in [-0.2, 0) is 4.79 Å². The van der Waals surface area contributed by atoms with Crippen molar-refractivity contribution in [3.05, 3.63) is 29.3 Å². The molecule has 2 rings (SSSR count). The standard InChI is InChI=1S/C13H15ClN6O2S/c1-8(2)15-12(22)16-11(21)7-23-13-17-18-19-20(13)10-5-3-9(14)4-6-10/h3-6,8H,7H2,1-2H3,(H2,15,16,21,22). The Labute approximate surface area is 142 Å². The molecule has 0 fully saturated rings. The molecule has 1 aromatic carbocycles. The van der Waals surface area contributed by atoms with Gasteiger partial charge in [-0.15, -0.1) is 5.10 Å². The smallest absolute Gasteiger partial charge is 0.321 e. The summed E-state index contributed by atoms with van der Waals surface area (Å²) in [4.78, 5) is 23.2. The number of halogens is 1. The molecular weight excluding hydrogens is 340 g/mol. The van der Waals surface area contributed by atoms with Crippen LogP contribution in [0.1, 0.15) is 13.8 Å². The Morgan fingerprint density at radius 1 is 1.30 bits per heavy atom. The SMILES string of the molecule is CC(C)NC(=O)NC(=O)CSc1nnnn1-c1ccc(Cl)cc1. The number of imide groups is 1. The van der Waals surface area contributed by atoms with E-state index in [0.717, 1.165) is 17.4 Å². The third-order valence-corrected chi connectivity index (χ3v) is 3.69. The summed E-state index contributed by atoms with van der Waals surface area (Å²) < 4.78 is 1.49. The van der Waals surface area contributed by atoms with Crippen LogP contribution in [0.15, 0.2) is 29.4 Å². The highest BCUT2D eigenvalue weighted by atomic mass is 35.5. The highest BCUT2D eigenvalue weighted by Crippen LogP contribution is 2.19. The molecule has 0 aliphatic carbocycles. The van der Waals surface area contributed by atoms with Crippen molar-refractivity contribution in [1.82, 2.24) is 30.8 Å². The van der Waals surface area contributed by atoms with Gasteiger partial charge >= 0.3 is 6.03 Å². The van der Waals surface area contributed by atoms with E-state index in [9.17, 15) is 9.59 Å². The van der Waals surface area contributed by atoms with E-state index in [0.29, 0.717) is 10.2 Å². The molecule has 122 valence electrons. The average molecular weight is 355 g/mol. The van der Waals surface area contributed by atoms with Crippen LogP contribution in [0.3, 0.4) is 0 Å². The summed E-state index contributed by atoms with van der Waals surface area (Å²) in [7, 11) is 0. The van der Waals surface area contributed by atoms with Crippen molar-refractivity contribution in [3.8, 4) is 5.69 Å². The first-order valence-electron chi connectivity index (χ1n) is 6.73. The molecular formula is C13H15ClN6O2S. The number of benzene rings is 1. The van der Waals surface area contributed by atoms with Crippen LogP contribution in [-0.4, -0.2) is 43.9 Å². The van der Waals surface area contributed by atoms with E-state index in [4.69, 9.17) is 11.6 Å². The number of hydrogen-bond acceptors (Lipinski definition) is 6. The third-order valence-electron chi connectivity index (χ3n) is 2.52. The molecule has 1 aromatic heterocycles. The van der Waals surface area contributed by atoms with Gasteiger partial charge in [-0.25, -0.2) is 4.79 Å². The van der Waals surface area contributed by atoms with Crippen LogP contribution in [0.5, 0.6) is 0 Å². The minimum Gasteiger partial charge on any atom is -0.336 e. The van der Waals surface area contributed by atoms with Gasteiger partial charge < -0.3 is 5.32 Å². The van der Waals surface area contributed by atoms with Crippen molar-refractivity contribution >= 4 is 35.3 Å². The predicted octanol–water partition coefficient (Wildman–Crippen LogP) is 1.64. The molecule has 0 radical (unpaired) electrons. The summed E-state index contributed by atoms with van der Waals surface area (Å²) in [6, 6.07) is 6.39. The van der Waals surface area contributed by atoms with Gasteiger partial charge in [-0.05, 0) is 48.5 Å². The molecule has 0 atom stereocenters. The molecule has 23 heavy (non-hydrogen) atoms. The Morgan fingerprint density at radius 3 is 2.65 bits per heavy atom. The van der Waals surface area contributed by atoms with Crippen LogP contribution < -0.4 is 10.6 Å². The lowest BCUT2D eigenvalue weighted by molar-refractivity contribution is -0.117. The molecule has 1 heterocycles. The van der Waals surface area contributed by atoms with E-state index in [-0.39, 0.29) is 11.8 Å². The van der Waals surface area contributed by atoms with Crippen molar-refractivity contribution in [2.75, 3.05) is 5.75 Å². The van der Waals surface area contributed by atoms with Crippen LogP contribution >= 0.6 is 23.4 Å². The first-order chi connectivity index (χ1) is 11.0. The Hall–Kier alpha value is -2.13. The molecule has 0 saturated carbocycles. The molecule has 0 saturated heterocycles. The largest absolute Gasteiger partial charge is 0.336 e. The Balaban J connectivity index is 1.94. The Bertz CT molecular complexity index is 688. The summed E-state index contributed by atoms with van der Waals surface area (Å²) in [5, 5.41) is 17.2. The number of tetrazole rings is 1. The van der Waals surface area contributed by atoms with Crippen molar-refractivity contribution < 1.29 is 9.59 Å². The fourth-order valence-corrected chi connectivity index (χ4v) is 2.42. The number of aromatic nitrogens is 4. The number of nitrogens with one attached hydrogen (secondary N) is 2. The lowest BCUT2D eigenvalue weighted by atomic mass is 10.3. The fourth-order valence-electron chi connectivity index (χ4n) is 1.60. The lowest BCUT2D eigenvalue weighted by Crippen LogP contribution is -2.43. The average Bonchev–Trinajstić information content (AvgIpc) is 2.93. The maximum atomic E-state index is 11.7. The highest BCUT2D eigenvalue weighted by molar-refractivity contribution is 7.99. The number of hydrogen-bond donors (Lipinski definition) is 2. The van der Waals surface area contributed by atoms with E-state index in [1.165, 1.54) is 4.68 Å². The monoisotopic (exact) mass is 354 g/mol. The van der Waals surface area contributed by atoms with Crippen molar-refractivity contribution in [1.29, 1.82) is 0 Å². The van der Waals surface area contributed by atoms with Crippen LogP contribution in [0.25, 0.3) is 5.69 Å². The summed E-state index contributed by atoms with van der Waals surface area (Å²) in [5.74, 6) is -0.418. The summed E-state index contributed by atoms with van der Waals surface area (Å²) in [6.07, 6.45) is 0. The van der Waals surface area contributed by atoms with E-state index in [2.05, 4.69) is 26.2 Å². The van der Waals surface area contributed by atoms with Gasteiger partial charge in [-0.3, -0.25) is 10.1 Å². The number of carbonyl (C=O) groups is 2. The normalized spacial score (nSPS) is 10.6. The van der Waals surface area contributed by atoms with Crippen LogP contribution in [0, 0.1) is 0 Å². The van der Waals surface area contributed by atoms with Gasteiger partial charge in [0.1, 0.15) is 0 Å². The van der Waals surface area contributed by atoms with E-state index >= 15 is 0 Å². The molecule has 2 N–H and O–H groups in total. The molecule has 0 spiro atoms. The van der Waals surface area contributed by atoms with Crippen molar-refractivity contribution in [3.63, 3.8) is 0 Å². The fraction of sp³-hybridized carbons (Fsp3) is 0.308. The number of thioether (sulfide) groups is 1. The molecule has 3 amide bonds. The molecule has 10 heteroatoms. The van der Waals surface area contributed by atoms with Crippen LogP contribution in [0.4, 0.5) is 4.79 Å². The van der Waals surface area contributed by atoms with Crippen LogP contribution in [0.2, 0.25) is 5.02 Å². The van der Waals surface area contributed by atoms with Gasteiger partial charge in [-0.2, -0.15) is 4.68 Å². The number of amides is 3. The van der Waals surface area contributed by atoms with E-state index in [1.54, 1.807) is 38.1 Å². The first-order valence-corrected chi connectivity index (χ1v) is 8.09. The second-order valence-electron chi connectivity index (χ2n) is 4.81. The maximum Gasteiger partial charge on any atom is 0.321 e. The molecule has 2 aromatic rings. The molecule has 0 unspecified atom stereocenters. The molecule has 0 aliphatic rings. The third kappa shape index (κ3) is 5.22. The number of nitrogens with zero attached hydrogens (tertiary/aromatic N) is 4. The van der Waals surface area contributed by atoms with Gasteiger partial charge in [0.2, 0.25) is 11.1 Å². The highest BCUT2D eigenvalue weighted by Gasteiger charge is 2.13. The molecule has 0 bridgehead atoms. The maximum absolute atomic E-state index is 11.7. The summed E-state index contributed by atoms with van der Waals surface area (Å²) >= 11 is 6.97. The van der Waals surface area contributed by atoms with Gasteiger partial charge in [0, 0.05) is 11.1 Å². The summed E-state index contributed by atoms with van der Waals surface area (Å²) in [6.45, 7) is 3.61. The first kappa shape index (κ1) is 17.2. The lowest BCUT2D eigenvalue weighted by Gasteiger charge is -2.09. The number of urea groups is 1. The molecule has 0 aliphatic heterocycles. The topological polar surface area (TPSA) is 102 Å². The zero-order valence-electron chi connectivity index (χ0n) is 12.5.